The first-order chi connectivity index (χ1) is 8.10. The summed E-state index contributed by atoms with van der Waals surface area (Å²) in [5, 5.41) is 10.3. The van der Waals surface area contributed by atoms with Gasteiger partial charge < -0.3 is 14.7 Å². The molecule has 0 saturated carbocycles. The van der Waals surface area contributed by atoms with E-state index in [1.54, 1.807) is 13.2 Å². The van der Waals surface area contributed by atoms with Crippen molar-refractivity contribution >= 4 is 6.08 Å². The van der Waals surface area contributed by atoms with E-state index in [2.05, 4.69) is 0 Å². The Kier molecular flexibility index (Phi) is 3.33. The Morgan fingerprint density at radius 2 is 2.06 bits per heavy atom. The molecule has 0 saturated heterocycles. The fourth-order valence-electron chi connectivity index (χ4n) is 2.48. The van der Waals surface area contributed by atoms with Gasteiger partial charge in [0.25, 0.3) is 0 Å². The number of ether oxygens (including phenoxy) is 1. The SMILES string of the molecule is COC1(CN(C)C)c2ccccc2C=CC1O. The van der Waals surface area contributed by atoms with Crippen LogP contribution in [0, 0.1) is 0 Å². The molecule has 1 aromatic rings. The number of nitrogens with zero attached hydrogens (tertiary/aromatic N) is 1. The van der Waals surface area contributed by atoms with Crippen molar-refractivity contribution in [3.63, 3.8) is 0 Å². The molecule has 0 fully saturated rings. The Balaban J connectivity index is 2.53. The number of likely N-dealkylation sites (N-methyl/N-ethyl adjacent to an activating group) is 1. The highest BCUT2D eigenvalue weighted by atomic mass is 16.5. The normalized spacial score (nSPS) is 27.2. The van der Waals surface area contributed by atoms with E-state index >= 15 is 0 Å². The molecule has 0 amide bonds. The van der Waals surface area contributed by atoms with Crippen LogP contribution in [0.25, 0.3) is 6.08 Å². The van der Waals surface area contributed by atoms with E-state index in [-0.39, 0.29) is 0 Å². The molecule has 1 aliphatic rings. The molecule has 0 aromatic heterocycles. The Labute approximate surface area is 102 Å². The first kappa shape index (κ1) is 12.3. The van der Waals surface area contributed by atoms with Gasteiger partial charge in [-0.05, 0) is 25.2 Å². The first-order valence-electron chi connectivity index (χ1n) is 5.76. The van der Waals surface area contributed by atoms with Crippen molar-refractivity contribution < 1.29 is 9.84 Å². The van der Waals surface area contributed by atoms with Gasteiger partial charge in [-0.2, -0.15) is 0 Å². The van der Waals surface area contributed by atoms with Crippen molar-refractivity contribution in [1.29, 1.82) is 0 Å². The van der Waals surface area contributed by atoms with Crippen molar-refractivity contribution in [3.8, 4) is 0 Å². The molecule has 2 atom stereocenters. The third-order valence-electron chi connectivity index (χ3n) is 3.27. The smallest absolute Gasteiger partial charge is 0.135 e. The molecule has 1 N–H and O–H groups in total. The fraction of sp³-hybridized carbons (Fsp3) is 0.429. The molecule has 1 aromatic carbocycles. The minimum Gasteiger partial charge on any atom is -0.386 e. The summed E-state index contributed by atoms with van der Waals surface area (Å²) in [7, 11) is 5.62. The van der Waals surface area contributed by atoms with Gasteiger partial charge in [-0.15, -0.1) is 0 Å². The molecule has 92 valence electrons. The number of fused-ring (bicyclic) bond motifs is 1. The Morgan fingerprint density at radius 3 is 2.71 bits per heavy atom. The monoisotopic (exact) mass is 233 g/mol. The van der Waals surface area contributed by atoms with Crippen molar-refractivity contribution in [1.82, 2.24) is 4.90 Å². The topological polar surface area (TPSA) is 32.7 Å². The number of benzene rings is 1. The maximum absolute atomic E-state index is 10.3. The highest BCUT2D eigenvalue weighted by Gasteiger charge is 2.42. The van der Waals surface area contributed by atoms with Gasteiger partial charge in [-0.1, -0.05) is 36.4 Å². The summed E-state index contributed by atoms with van der Waals surface area (Å²) in [6, 6.07) is 8.04. The van der Waals surface area contributed by atoms with Crippen molar-refractivity contribution in [2.75, 3.05) is 27.7 Å². The van der Waals surface area contributed by atoms with Gasteiger partial charge in [0.15, 0.2) is 0 Å². The van der Waals surface area contributed by atoms with Gasteiger partial charge in [0.05, 0.1) is 0 Å². The highest BCUT2D eigenvalue weighted by molar-refractivity contribution is 5.60. The Morgan fingerprint density at radius 1 is 1.35 bits per heavy atom. The summed E-state index contributed by atoms with van der Waals surface area (Å²) in [4.78, 5) is 2.03. The highest BCUT2D eigenvalue weighted by Crippen LogP contribution is 2.37. The molecule has 0 heterocycles. The summed E-state index contributed by atoms with van der Waals surface area (Å²) < 4.78 is 5.69. The van der Waals surface area contributed by atoms with E-state index in [1.165, 1.54) is 0 Å². The largest absolute Gasteiger partial charge is 0.386 e. The number of hydrogen-bond donors (Lipinski definition) is 1. The van der Waals surface area contributed by atoms with Crippen LogP contribution >= 0.6 is 0 Å². The molecule has 2 unspecified atom stereocenters. The zero-order valence-corrected chi connectivity index (χ0v) is 10.6. The molecule has 1 aliphatic carbocycles. The molecule has 0 radical (unpaired) electrons. The van der Waals surface area contributed by atoms with Crippen LogP contribution in [-0.2, 0) is 10.3 Å². The predicted octanol–water partition coefficient (Wildman–Crippen LogP) is 1.48. The fourth-order valence-corrected chi connectivity index (χ4v) is 2.48. The van der Waals surface area contributed by atoms with E-state index < -0.39 is 11.7 Å². The number of rotatable bonds is 3. The predicted molar refractivity (Wildman–Crippen MR) is 68.7 cm³/mol. The summed E-state index contributed by atoms with van der Waals surface area (Å²) in [5.74, 6) is 0. The van der Waals surface area contributed by atoms with Gasteiger partial charge in [-0.25, -0.2) is 0 Å². The van der Waals surface area contributed by atoms with Gasteiger partial charge in [0, 0.05) is 13.7 Å². The quantitative estimate of drug-likeness (QED) is 0.858. The summed E-state index contributed by atoms with van der Waals surface area (Å²) >= 11 is 0. The number of aliphatic hydroxyl groups is 1. The average Bonchev–Trinajstić information content (AvgIpc) is 2.32. The second-order valence-electron chi connectivity index (χ2n) is 4.72. The second kappa shape index (κ2) is 4.61. The van der Waals surface area contributed by atoms with Crippen LogP contribution in [-0.4, -0.2) is 43.9 Å². The average molecular weight is 233 g/mol. The standard InChI is InChI=1S/C14H19NO2/c1-15(2)10-14(17-3)12-7-5-4-6-11(12)8-9-13(14)16/h4-9,13,16H,10H2,1-3H3. The first-order valence-corrected chi connectivity index (χ1v) is 5.76. The lowest BCUT2D eigenvalue weighted by molar-refractivity contribution is -0.102. The van der Waals surface area contributed by atoms with Crippen LogP contribution in [0.15, 0.2) is 30.3 Å². The summed E-state index contributed by atoms with van der Waals surface area (Å²) in [5.41, 5.74) is 1.49. The van der Waals surface area contributed by atoms with E-state index in [4.69, 9.17) is 4.74 Å². The van der Waals surface area contributed by atoms with E-state index in [0.717, 1.165) is 11.1 Å². The third-order valence-corrected chi connectivity index (χ3v) is 3.27. The van der Waals surface area contributed by atoms with Crippen LogP contribution in [0.1, 0.15) is 11.1 Å². The number of aliphatic hydroxyl groups excluding tert-OH is 1. The zero-order chi connectivity index (χ0) is 12.5. The molecular formula is C14H19NO2. The van der Waals surface area contributed by atoms with Crippen molar-refractivity contribution in [2.24, 2.45) is 0 Å². The molecule has 0 spiro atoms. The molecular weight excluding hydrogens is 214 g/mol. The van der Waals surface area contributed by atoms with E-state index in [0.29, 0.717) is 6.54 Å². The van der Waals surface area contributed by atoms with Crippen LogP contribution in [0.4, 0.5) is 0 Å². The maximum Gasteiger partial charge on any atom is 0.135 e. The van der Waals surface area contributed by atoms with Crippen LogP contribution < -0.4 is 0 Å². The number of hydrogen-bond acceptors (Lipinski definition) is 3. The van der Waals surface area contributed by atoms with Gasteiger partial charge in [-0.3, -0.25) is 0 Å². The minimum absolute atomic E-state index is 0.621. The molecule has 0 bridgehead atoms. The molecule has 17 heavy (non-hydrogen) atoms. The summed E-state index contributed by atoms with van der Waals surface area (Å²) in [6.07, 6.45) is 3.13. The molecule has 0 aliphatic heterocycles. The maximum atomic E-state index is 10.3. The lowest BCUT2D eigenvalue weighted by Gasteiger charge is -2.41. The lowest BCUT2D eigenvalue weighted by atomic mass is 9.80. The minimum atomic E-state index is -0.672. The molecule has 2 rings (SSSR count). The molecule has 3 heteroatoms. The van der Waals surface area contributed by atoms with Crippen LogP contribution in [0.5, 0.6) is 0 Å². The Bertz CT molecular complexity index is 428. The second-order valence-corrected chi connectivity index (χ2v) is 4.72. The van der Waals surface area contributed by atoms with E-state index in [1.807, 2.05) is 49.3 Å². The van der Waals surface area contributed by atoms with Crippen LogP contribution in [0.2, 0.25) is 0 Å². The van der Waals surface area contributed by atoms with Gasteiger partial charge in [0.1, 0.15) is 11.7 Å². The van der Waals surface area contributed by atoms with Crippen molar-refractivity contribution in [3.05, 3.63) is 41.5 Å². The lowest BCUT2D eigenvalue weighted by Crippen LogP contribution is -2.49. The Hall–Kier alpha value is -1.16. The number of methoxy groups -OCH3 is 1. The third kappa shape index (κ3) is 2.02. The van der Waals surface area contributed by atoms with E-state index in [9.17, 15) is 5.11 Å². The zero-order valence-electron chi connectivity index (χ0n) is 10.6. The summed E-state index contributed by atoms with van der Waals surface area (Å²) in [6.45, 7) is 0.645. The van der Waals surface area contributed by atoms with Gasteiger partial charge in [0.2, 0.25) is 0 Å². The van der Waals surface area contributed by atoms with Crippen LogP contribution in [0.3, 0.4) is 0 Å². The molecule has 3 nitrogen and oxygen atoms in total. The van der Waals surface area contributed by atoms with Gasteiger partial charge >= 0.3 is 0 Å². The van der Waals surface area contributed by atoms with Crippen molar-refractivity contribution in [2.45, 2.75) is 11.7 Å².